The summed E-state index contributed by atoms with van der Waals surface area (Å²) in [5.74, 6) is -0.963. The van der Waals surface area contributed by atoms with Crippen molar-refractivity contribution in [3.05, 3.63) is 10.6 Å². The van der Waals surface area contributed by atoms with Gasteiger partial charge in [0.25, 0.3) is 10.0 Å². The first-order valence-corrected chi connectivity index (χ1v) is 5.29. The monoisotopic (exact) mass is 218 g/mol. The number of nitrogens with two attached hydrogens (primary N) is 1. The fourth-order valence-corrected chi connectivity index (χ4v) is 1.84. The van der Waals surface area contributed by atoms with Gasteiger partial charge in [-0.1, -0.05) is 0 Å². The third-order valence-electron chi connectivity index (χ3n) is 1.38. The molecule has 0 unspecified atom stereocenters. The molecule has 0 fully saturated rings. The van der Waals surface area contributed by atoms with E-state index in [1.165, 1.54) is 0 Å². The number of hydrogen-bond acceptors (Lipinski definition) is 5. The highest BCUT2D eigenvalue weighted by atomic mass is 32.2. The number of ether oxygens (including phenoxy) is 1. The lowest BCUT2D eigenvalue weighted by Crippen LogP contribution is -2.19. The van der Waals surface area contributed by atoms with Gasteiger partial charge in [-0.3, -0.25) is 0 Å². The van der Waals surface area contributed by atoms with Crippen LogP contribution < -0.4 is 5.73 Å². The Labute approximate surface area is 81.5 Å². The van der Waals surface area contributed by atoms with Crippen LogP contribution in [-0.2, 0) is 19.6 Å². The molecule has 0 atom stereocenters. The molecule has 0 aromatic heterocycles. The Kier molecular flexibility index (Phi) is 2.61. The first-order chi connectivity index (χ1) is 6.34. The minimum Gasteiger partial charge on any atom is -0.459 e. The maximum Gasteiger partial charge on any atom is 0.354 e. The number of nitrogens with zero attached hydrogens (tertiary/aromatic N) is 1. The molecule has 1 rings (SSSR count). The molecule has 0 spiro atoms. The molecule has 0 aliphatic carbocycles. The second-order valence-electron chi connectivity index (χ2n) is 2.95. The summed E-state index contributed by atoms with van der Waals surface area (Å²) in [4.78, 5) is 10.7. The molecule has 0 aromatic rings. The van der Waals surface area contributed by atoms with E-state index in [0.29, 0.717) is 0 Å². The quantitative estimate of drug-likeness (QED) is 0.631. The predicted octanol–water partition coefficient (Wildman–Crippen LogP) is -0.478. The number of hydrogen-bond donors (Lipinski definition) is 1. The summed E-state index contributed by atoms with van der Waals surface area (Å²) in [6, 6.07) is 0. The number of allylic oxidation sites excluding steroid dienone is 1. The standard InChI is InChI=1S/C7H10N2O4S/c1-4(2)13-7(10)6-5(8)3-9-14(6,11)12/h3-4H,8H2,1-2H3. The summed E-state index contributed by atoms with van der Waals surface area (Å²) in [5, 5.41) is 0. The van der Waals surface area contributed by atoms with Crippen LogP contribution in [-0.4, -0.2) is 26.7 Å². The van der Waals surface area contributed by atoms with Crippen LogP contribution in [0, 0.1) is 0 Å². The van der Waals surface area contributed by atoms with Gasteiger partial charge in [-0.25, -0.2) is 4.79 Å². The largest absolute Gasteiger partial charge is 0.459 e. The van der Waals surface area contributed by atoms with E-state index in [1.54, 1.807) is 13.8 Å². The van der Waals surface area contributed by atoms with Crippen LogP contribution in [0.4, 0.5) is 0 Å². The van der Waals surface area contributed by atoms with Gasteiger partial charge in [-0.05, 0) is 13.8 Å². The van der Waals surface area contributed by atoms with Gasteiger partial charge in [0.05, 0.1) is 18.0 Å². The lowest BCUT2D eigenvalue weighted by molar-refractivity contribution is -0.141. The number of esters is 1. The average molecular weight is 218 g/mol. The van der Waals surface area contributed by atoms with Gasteiger partial charge in [0, 0.05) is 0 Å². The maximum atomic E-state index is 11.3. The normalized spacial score (nSPS) is 19.1. The predicted molar refractivity (Wildman–Crippen MR) is 49.9 cm³/mol. The molecule has 0 radical (unpaired) electrons. The van der Waals surface area contributed by atoms with Gasteiger partial charge in [0.15, 0.2) is 4.91 Å². The van der Waals surface area contributed by atoms with Gasteiger partial charge in [0.2, 0.25) is 0 Å². The Hall–Kier alpha value is -1.37. The van der Waals surface area contributed by atoms with Crippen LogP contribution >= 0.6 is 0 Å². The third-order valence-corrected chi connectivity index (χ3v) is 2.68. The van der Waals surface area contributed by atoms with Gasteiger partial charge < -0.3 is 10.5 Å². The number of rotatable bonds is 2. The van der Waals surface area contributed by atoms with Gasteiger partial charge >= 0.3 is 5.97 Å². The highest BCUT2D eigenvalue weighted by Gasteiger charge is 2.32. The van der Waals surface area contributed by atoms with Crippen molar-refractivity contribution < 1.29 is 17.9 Å². The van der Waals surface area contributed by atoms with E-state index in [2.05, 4.69) is 4.40 Å². The zero-order chi connectivity index (χ0) is 10.9. The van der Waals surface area contributed by atoms with Crippen LogP contribution in [0.2, 0.25) is 0 Å². The summed E-state index contributed by atoms with van der Waals surface area (Å²) in [6.45, 7) is 3.22. The van der Waals surface area contributed by atoms with Gasteiger partial charge in [-0.15, -0.1) is 0 Å². The lowest BCUT2D eigenvalue weighted by Gasteiger charge is -2.07. The van der Waals surface area contributed by atoms with Crippen LogP contribution in [0.5, 0.6) is 0 Å². The molecule has 14 heavy (non-hydrogen) atoms. The molecule has 2 N–H and O–H groups in total. The Bertz CT molecular complexity index is 419. The van der Waals surface area contributed by atoms with Crippen molar-refractivity contribution in [2.45, 2.75) is 20.0 Å². The van der Waals surface area contributed by atoms with Crippen LogP contribution in [0.1, 0.15) is 13.8 Å². The van der Waals surface area contributed by atoms with E-state index in [9.17, 15) is 13.2 Å². The highest BCUT2D eigenvalue weighted by Crippen LogP contribution is 2.18. The van der Waals surface area contributed by atoms with Gasteiger partial charge in [0.1, 0.15) is 0 Å². The fourth-order valence-electron chi connectivity index (χ4n) is 0.877. The van der Waals surface area contributed by atoms with Crippen molar-refractivity contribution in [2.24, 2.45) is 10.1 Å². The summed E-state index contributed by atoms with van der Waals surface area (Å²) in [6.07, 6.45) is 0.519. The van der Waals surface area contributed by atoms with Crippen molar-refractivity contribution in [3.8, 4) is 0 Å². The molecule has 1 heterocycles. The fraction of sp³-hybridized carbons (Fsp3) is 0.429. The lowest BCUT2D eigenvalue weighted by atomic mass is 10.4. The molecule has 7 heteroatoms. The second kappa shape index (κ2) is 3.41. The van der Waals surface area contributed by atoms with Crippen molar-refractivity contribution in [2.75, 3.05) is 0 Å². The number of carbonyl (C=O) groups excluding carboxylic acids is 1. The van der Waals surface area contributed by atoms with Crippen molar-refractivity contribution in [3.63, 3.8) is 0 Å². The number of carbonyl (C=O) groups is 1. The van der Waals surface area contributed by atoms with Crippen LogP contribution in [0.3, 0.4) is 0 Å². The minimum atomic E-state index is -3.93. The summed E-state index contributed by atoms with van der Waals surface area (Å²) in [5.41, 5.74) is 5.10. The Morgan fingerprint density at radius 1 is 1.57 bits per heavy atom. The SMILES string of the molecule is CC(C)OC(=O)C1=C(N)C=NS1(=O)=O. The van der Waals surface area contributed by atoms with E-state index in [4.69, 9.17) is 10.5 Å². The third kappa shape index (κ3) is 1.92. The molecule has 0 saturated heterocycles. The zero-order valence-electron chi connectivity index (χ0n) is 7.72. The molecule has 0 saturated carbocycles. The molecule has 0 amide bonds. The van der Waals surface area contributed by atoms with Crippen molar-refractivity contribution in [1.82, 2.24) is 0 Å². The second-order valence-corrected chi connectivity index (χ2v) is 4.52. The van der Waals surface area contributed by atoms with Crippen LogP contribution in [0.25, 0.3) is 0 Å². The van der Waals surface area contributed by atoms with E-state index in [0.717, 1.165) is 6.21 Å². The van der Waals surface area contributed by atoms with Gasteiger partial charge in [-0.2, -0.15) is 12.8 Å². The molecule has 1 aliphatic rings. The molecule has 78 valence electrons. The molecular weight excluding hydrogens is 208 g/mol. The Morgan fingerprint density at radius 3 is 2.50 bits per heavy atom. The smallest absolute Gasteiger partial charge is 0.354 e. The average Bonchev–Trinajstić information content (AvgIpc) is 2.24. The summed E-state index contributed by atoms with van der Waals surface area (Å²) < 4.78 is 30.1. The van der Waals surface area contributed by atoms with E-state index >= 15 is 0 Å². The number of sulfonamides is 1. The molecule has 6 nitrogen and oxygen atoms in total. The molecule has 0 aromatic carbocycles. The highest BCUT2D eigenvalue weighted by molar-refractivity contribution is 7.95. The van der Waals surface area contributed by atoms with E-state index < -0.39 is 27.0 Å². The molecular formula is C7H10N2O4S. The summed E-state index contributed by atoms with van der Waals surface area (Å²) >= 11 is 0. The first-order valence-electron chi connectivity index (χ1n) is 3.85. The van der Waals surface area contributed by atoms with E-state index in [-0.39, 0.29) is 5.70 Å². The maximum absolute atomic E-state index is 11.3. The van der Waals surface area contributed by atoms with E-state index in [1.807, 2.05) is 0 Å². The Morgan fingerprint density at radius 2 is 2.14 bits per heavy atom. The topological polar surface area (TPSA) is 98.8 Å². The first kappa shape index (κ1) is 10.7. The van der Waals surface area contributed by atoms with Crippen molar-refractivity contribution >= 4 is 22.2 Å². The zero-order valence-corrected chi connectivity index (χ0v) is 8.54. The molecule has 0 bridgehead atoms. The minimum absolute atomic E-state index is 0.185. The molecule has 1 aliphatic heterocycles. The Balaban J connectivity index is 3.01. The van der Waals surface area contributed by atoms with Crippen molar-refractivity contribution in [1.29, 1.82) is 0 Å². The summed E-state index contributed by atoms with van der Waals surface area (Å²) in [7, 11) is -3.93. The van der Waals surface area contributed by atoms with Crippen LogP contribution in [0.15, 0.2) is 15.0 Å².